The van der Waals surface area contributed by atoms with Crippen molar-refractivity contribution in [2.75, 3.05) is 6.61 Å². The number of ether oxygens (including phenoxy) is 2. The molecule has 0 radical (unpaired) electrons. The molecule has 1 aliphatic heterocycles. The molecule has 0 amide bonds. The fourth-order valence-electron chi connectivity index (χ4n) is 5.03. The molecule has 0 aromatic carbocycles. The van der Waals surface area contributed by atoms with E-state index in [-0.39, 0.29) is 0 Å². The molecule has 0 spiro atoms. The maximum atomic E-state index is 12.5. The first-order chi connectivity index (χ1) is 16.0. The zero-order chi connectivity index (χ0) is 24.6. The number of aliphatic carboxylic acids is 1. The SMILES string of the molecule is Cc1sc(-c2cnc3c(c2)CCCO3)c(C2=CCC(C(C)C)CC2)c1C(OC(C)(C)C)C(=O)O. The second-order valence-electron chi connectivity index (χ2n) is 10.9. The minimum absolute atomic E-state index is 0.580. The topological polar surface area (TPSA) is 68.7 Å². The van der Waals surface area contributed by atoms with Crippen molar-refractivity contribution in [2.24, 2.45) is 11.8 Å². The number of pyridine rings is 1. The van der Waals surface area contributed by atoms with E-state index in [2.05, 4.69) is 31.0 Å². The number of carboxylic acids is 1. The average Bonchev–Trinajstić information content (AvgIpc) is 3.13. The van der Waals surface area contributed by atoms with E-state index in [0.29, 0.717) is 18.4 Å². The van der Waals surface area contributed by atoms with Crippen molar-refractivity contribution in [3.8, 4) is 16.3 Å². The van der Waals surface area contributed by atoms with Crippen molar-refractivity contribution in [2.45, 2.75) is 85.4 Å². The first-order valence-electron chi connectivity index (χ1n) is 12.4. The number of carbonyl (C=O) groups is 1. The molecule has 0 saturated carbocycles. The number of fused-ring (bicyclic) bond motifs is 1. The largest absolute Gasteiger partial charge is 0.479 e. The molecule has 34 heavy (non-hydrogen) atoms. The number of allylic oxidation sites excluding steroid dienone is 2. The Bertz CT molecular complexity index is 1090. The Hall–Kier alpha value is -2.18. The predicted octanol–water partition coefficient (Wildman–Crippen LogP) is 7.22. The molecule has 184 valence electrons. The molecule has 3 heterocycles. The van der Waals surface area contributed by atoms with Crippen LogP contribution in [0.2, 0.25) is 0 Å². The highest BCUT2D eigenvalue weighted by Gasteiger charge is 2.35. The average molecular weight is 484 g/mol. The number of thiophene rings is 1. The summed E-state index contributed by atoms with van der Waals surface area (Å²) in [6.07, 6.45) is 8.23. The van der Waals surface area contributed by atoms with Crippen molar-refractivity contribution < 1.29 is 19.4 Å². The van der Waals surface area contributed by atoms with Crippen LogP contribution in [0.1, 0.15) is 88.0 Å². The van der Waals surface area contributed by atoms with Crippen molar-refractivity contribution in [3.05, 3.63) is 39.9 Å². The first-order valence-corrected chi connectivity index (χ1v) is 13.2. The van der Waals surface area contributed by atoms with Crippen LogP contribution in [-0.2, 0) is 16.0 Å². The molecule has 4 rings (SSSR count). The van der Waals surface area contributed by atoms with E-state index in [1.54, 1.807) is 11.3 Å². The molecular weight excluding hydrogens is 446 g/mol. The Kier molecular flexibility index (Phi) is 7.20. The third-order valence-corrected chi connectivity index (χ3v) is 7.99. The highest BCUT2D eigenvalue weighted by atomic mass is 32.1. The van der Waals surface area contributed by atoms with Crippen molar-refractivity contribution in [1.82, 2.24) is 4.98 Å². The fraction of sp³-hybridized carbons (Fsp3) is 0.571. The van der Waals surface area contributed by atoms with Gasteiger partial charge in [0.1, 0.15) is 0 Å². The van der Waals surface area contributed by atoms with Crippen LogP contribution in [0.4, 0.5) is 0 Å². The lowest BCUT2D eigenvalue weighted by molar-refractivity contribution is -0.160. The van der Waals surface area contributed by atoms with Gasteiger partial charge >= 0.3 is 5.97 Å². The van der Waals surface area contributed by atoms with Crippen LogP contribution in [-0.4, -0.2) is 28.3 Å². The lowest BCUT2D eigenvalue weighted by Gasteiger charge is -2.29. The second-order valence-corrected chi connectivity index (χ2v) is 12.1. The molecule has 0 bridgehead atoms. The number of rotatable bonds is 6. The maximum absolute atomic E-state index is 12.5. The van der Waals surface area contributed by atoms with Gasteiger partial charge in [-0.1, -0.05) is 19.9 Å². The van der Waals surface area contributed by atoms with Crippen LogP contribution >= 0.6 is 11.3 Å². The summed E-state index contributed by atoms with van der Waals surface area (Å²) in [6.45, 7) is 13.0. The number of hydrogen-bond acceptors (Lipinski definition) is 5. The van der Waals surface area contributed by atoms with Gasteiger partial charge in [0.15, 0.2) is 6.10 Å². The molecule has 1 aliphatic carbocycles. The van der Waals surface area contributed by atoms with E-state index in [1.165, 1.54) is 5.57 Å². The third-order valence-electron chi connectivity index (χ3n) is 6.82. The number of hydrogen-bond donors (Lipinski definition) is 1. The zero-order valence-corrected chi connectivity index (χ0v) is 22.1. The maximum Gasteiger partial charge on any atom is 0.337 e. The normalized spacial score (nSPS) is 19.4. The van der Waals surface area contributed by atoms with Gasteiger partial charge in [0, 0.05) is 38.2 Å². The molecule has 1 N–H and O–H groups in total. The molecule has 6 heteroatoms. The Labute approximate surface area is 207 Å². The molecule has 2 aliphatic rings. The molecule has 5 nitrogen and oxygen atoms in total. The molecule has 2 aromatic rings. The lowest BCUT2D eigenvalue weighted by atomic mass is 9.79. The molecule has 2 unspecified atom stereocenters. The molecular formula is C28H37NO4S. The van der Waals surface area contributed by atoms with Crippen molar-refractivity contribution in [1.29, 1.82) is 0 Å². The molecule has 2 aromatic heterocycles. The lowest BCUT2D eigenvalue weighted by Crippen LogP contribution is -2.28. The van der Waals surface area contributed by atoms with Gasteiger partial charge in [-0.3, -0.25) is 0 Å². The Balaban J connectivity index is 1.87. The van der Waals surface area contributed by atoms with E-state index in [9.17, 15) is 9.90 Å². The van der Waals surface area contributed by atoms with Crippen LogP contribution in [0.3, 0.4) is 0 Å². The summed E-state index contributed by atoms with van der Waals surface area (Å²) in [5.74, 6) is 1.08. The monoisotopic (exact) mass is 483 g/mol. The van der Waals surface area contributed by atoms with Gasteiger partial charge in [0.2, 0.25) is 5.88 Å². The van der Waals surface area contributed by atoms with Crippen LogP contribution in [0.5, 0.6) is 5.88 Å². The van der Waals surface area contributed by atoms with Gasteiger partial charge < -0.3 is 14.6 Å². The van der Waals surface area contributed by atoms with Gasteiger partial charge in [-0.15, -0.1) is 11.3 Å². The van der Waals surface area contributed by atoms with Gasteiger partial charge in [0.25, 0.3) is 0 Å². The third kappa shape index (κ3) is 5.23. The summed E-state index contributed by atoms with van der Waals surface area (Å²) in [7, 11) is 0. The minimum Gasteiger partial charge on any atom is -0.479 e. The van der Waals surface area contributed by atoms with E-state index in [4.69, 9.17) is 9.47 Å². The summed E-state index contributed by atoms with van der Waals surface area (Å²) < 4.78 is 11.9. The summed E-state index contributed by atoms with van der Waals surface area (Å²) >= 11 is 1.65. The van der Waals surface area contributed by atoms with Gasteiger partial charge in [-0.2, -0.15) is 0 Å². The Morgan fingerprint density at radius 3 is 2.68 bits per heavy atom. The summed E-state index contributed by atoms with van der Waals surface area (Å²) in [6, 6.07) is 2.18. The van der Waals surface area contributed by atoms with Crippen LogP contribution in [0.15, 0.2) is 18.3 Å². The highest BCUT2D eigenvalue weighted by molar-refractivity contribution is 7.16. The predicted molar refractivity (Wildman–Crippen MR) is 137 cm³/mol. The number of carboxylic acid groups (broad SMARTS) is 1. The smallest absolute Gasteiger partial charge is 0.337 e. The number of nitrogens with zero attached hydrogens (tertiary/aromatic N) is 1. The highest BCUT2D eigenvalue weighted by Crippen LogP contribution is 2.48. The van der Waals surface area contributed by atoms with Crippen LogP contribution in [0, 0.1) is 18.8 Å². The van der Waals surface area contributed by atoms with Gasteiger partial charge in [-0.25, -0.2) is 9.78 Å². The number of aryl methyl sites for hydroxylation is 2. The van der Waals surface area contributed by atoms with E-state index in [1.807, 2.05) is 33.9 Å². The summed E-state index contributed by atoms with van der Waals surface area (Å²) in [5.41, 5.74) is 4.66. The summed E-state index contributed by atoms with van der Waals surface area (Å²) in [5, 5.41) is 10.2. The minimum atomic E-state index is -1.02. The standard InChI is InChI=1S/C28H37NO4S/c1-16(2)18-9-11-19(12-10-18)23-22(24(27(30)31)33-28(4,5)6)17(3)34-25(23)21-14-20-8-7-13-32-26(20)29-15-21/h11,14-16,18,24H,7-10,12-13H2,1-6H3,(H,30,31). The molecule has 2 atom stereocenters. The Morgan fingerprint density at radius 1 is 1.29 bits per heavy atom. The molecule has 0 fully saturated rings. The summed E-state index contributed by atoms with van der Waals surface area (Å²) in [4.78, 5) is 19.2. The fourth-order valence-corrected chi connectivity index (χ4v) is 6.23. The van der Waals surface area contributed by atoms with Crippen LogP contribution < -0.4 is 4.74 Å². The van der Waals surface area contributed by atoms with Crippen LogP contribution in [0.25, 0.3) is 16.0 Å². The molecule has 0 saturated heterocycles. The van der Waals surface area contributed by atoms with Crippen molar-refractivity contribution in [3.63, 3.8) is 0 Å². The second kappa shape index (κ2) is 9.82. The van der Waals surface area contributed by atoms with Gasteiger partial charge in [-0.05, 0) is 83.3 Å². The van der Waals surface area contributed by atoms with E-state index >= 15 is 0 Å². The quantitative estimate of drug-likeness (QED) is 0.469. The number of aromatic nitrogens is 1. The zero-order valence-electron chi connectivity index (χ0n) is 21.2. The van der Waals surface area contributed by atoms with Crippen molar-refractivity contribution >= 4 is 22.9 Å². The Morgan fingerprint density at radius 2 is 2.06 bits per heavy atom. The van der Waals surface area contributed by atoms with E-state index < -0.39 is 17.7 Å². The van der Waals surface area contributed by atoms with E-state index in [0.717, 1.165) is 70.0 Å². The van der Waals surface area contributed by atoms with Gasteiger partial charge in [0.05, 0.1) is 12.2 Å². The first kappa shape index (κ1) is 24.9.